The highest BCUT2D eigenvalue weighted by Crippen LogP contribution is 2.47. The van der Waals surface area contributed by atoms with E-state index in [1.807, 2.05) is 6.92 Å². The largest absolute Gasteiger partial charge is 0.744 e. The summed E-state index contributed by atoms with van der Waals surface area (Å²) in [4.78, 5) is 121. The number of pyridine rings is 4. The van der Waals surface area contributed by atoms with Gasteiger partial charge in [-0.2, -0.15) is 0 Å². The highest BCUT2D eigenvalue weighted by molar-refractivity contribution is 7.85. The monoisotopic (exact) mass is 1260 g/mol. The van der Waals surface area contributed by atoms with Crippen molar-refractivity contribution in [1.29, 1.82) is 0 Å². The molecule has 0 spiro atoms. The molecule has 450 valence electrons. The average molecular weight is 1260 g/mol. The number of nitrogens with one attached hydrogen (secondary N) is 2. The van der Waals surface area contributed by atoms with E-state index in [9.17, 15) is 64.5 Å². The van der Waals surface area contributed by atoms with Gasteiger partial charge in [-0.25, -0.2) is 60.5 Å². The van der Waals surface area contributed by atoms with Crippen LogP contribution in [0.2, 0.25) is 0 Å². The van der Waals surface area contributed by atoms with E-state index in [-0.39, 0.29) is 55.5 Å². The van der Waals surface area contributed by atoms with E-state index >= 15 is 0 Å². The first-order chi connectivity index (χ1) is 44.7. The summed E-state index contributed by atoms with van der Waals surface area (Å²) in [5.41, 5.74) is 11.7. The maximum Gasteiger partial charge on any atom is 0.352 e. The number of amides is 4. The number of aryl methyl sites for hydroxylation is 1. The third kappa shape index (κ3) is 8.75. The van der Waals surface area contributed by atoms with Crippen LogP contribution in [0.3, 0.4) is 0 Å². The maximum atomic E-state index is 13.7. The number of H-pyrrole nitrogens is 2. The number of fused-ring (bicyclic) bond motifs is 4. The third-order valence-electron chi connectivity index (χ3n) is 16.6. The summed E-state index contributed by atoms with van der Waals surface area (Å²) >= 11 is 0. The quantitative estimate of drug-likeness (QED) is 0.0327. The minimum absolute atomic E-state index is 0.178. The van der Waals surface area contributed by atoms with Gasteiger partial charge in [0.1, 0.15) is 38.7 Å². The summed E-state index contributed by atoms with van der Waals surface area (Å²) in [6, 6.07) is 35.1. The van der Waals surface area contributed by atoms with E-state index < -0.39 is 69.3 Å². The predicted molar refractivity (Wildman–Crippen MR) is 329 cm³/mol. The number of hydrogen-bond donors (Lipinski definition) is 1. The fraction of sp³-hybridized carbons (Fsp3) is 0.0145. The summed E-state index contributed by atoms with van der Waals surface area (Å²) in [6.45, 7) is 1.82. The Morgan fingerprint density at radius 2 is 0.753 bits per heavy atom. The van der Waals surface area contributed by atoms with Crippen LogP contribution in [0, 0.1) is 24.4 Å². The van der Waals surface area contributed by atoms with Crippen molar-refractivity contribution in [2.24, 2.45) is 0 Å². The number of carbonyl (C=O) groups excluding carboxylic acids is 8. The number of nitrogens with two attached hydrogens (primary N) is 1. The minimum atomic E-state index is -4.27. The topological polar surface area (TPSA) is 299 Å². The molecule has 14 aromatic rings. The molecule has 0 bridgehead atoms. The molecule has 10 aromatic carbocycles. The number of carbonyl (C=O) groups is 8. The highest BCUT2D eigenvalue weighted by atomic mass is 32.2. The van der Waals surface area contributed by atoms with E-state index in [1.54, 1.807) is 60.7 Å². The second-order valence-corrected chi connectivity index (χ2v) is 23.2. The smallest absolute Gasteiger partial charge is 0.352 e. The number of imide groups is 2. The summed E-state index contributed by atoms with van der Waals surface area (Å²) in [5.74, 6) is -6.33. The number of benzene rings is 10. The first-order valence-corrected chi connectivity index (χ1v) is 29.4. The summed E-state index contributed by atoms with van der Waals surface area (Å²) in [6.07, 6.45) is 5.86. The summed E-state index contributed by atoms with van der Waals surface area (Å²) < 4.78 is 80.1. The molecule has 8 heterocycles. The number of nitrogens with zero attached hydrogens (tertiary/aromatic N) is 4. The van der Waals surface area contributed by atoms with Crippen molar-refractivity contribution < 1.29 is 83.9 Å². The Labute approximate surface area is 518 Å². The Kier molecular flexibility index (Phi) is 12.7. The van der Waals surface area contributed by atoms with Crippen molar-refractivity contribution in [3.05, 3.63) is 238 Å². The second kappa shape index (κ2) is 20.8. The molecular formula is C69H35F3N7O13S+. The lowest BCUT2D eigenvalue weighted by Gasteiger charge is -2.29. The van der Waals surface area contributed by atoms with Crippen LogP contribution in [0.15, 0.2) is 175 Å². The van der Waals surface area contributed by atoms with Gasteiger partial charge >= 0.3 is 23.9 Å². The molecule has 20 nitrogen and oxygen atoms in total. The van der Waals surface area contributed by atoms with Crippen molar-refractivity contribution in [3.63, 3.8) is 0 Å². The molecule has 4 N–H and O–H groups in total. The number of rotatable bonds is 3. The van der Waals surface area contributed by atoms with Gasteiger partial charge in [0.05, 0.1) is 71.1 Å². The second-order valence-electron chi connectivity index (χ2n) is 21.9. The Morgan fingerprint density at radius 3 is 1.14 bits per heavy atom. The molecule has 0 unspecified atom stereocenters. The number of nitrogen functional groups attached to an aromatic ring is 1. The molecular weight excluding hydrogens is 1220 g/mol. The Morgan fingerprint density at radius 1 is 0.409 bits per heavy atom. The number of ether oxygens (including phenoxy) is 2. The molecule has 93 heavy (non-hydrogen) atoms. The molecule has 0 saturated heterocycles. The number of aromatic nitrogens is 4. The van der Waals surface area contributed by atoms with Gasteiger partial charge < -0.3 is 19.8 Å². The van der Waals surface area contributed by atoms with Crippen molar-refractivity contribution in [2.45, 2.75) is 11.8 Å². The van der Waals surface area contributed by atoms with Gasteiger partial charge in [-0.1, -0.05) is 29.8 Å². The van der Waals surface area contributed by atoms with Crippen molar-refractivity contribution >= 4 is 161 Å². The van der Waals surface area contributed by atoms with Gasteiger partial charge in [-0.15, -0.1) is 0 Å². The average Bonchev–Trinajstić information content (AvgIpc) is 0.701. The number of aromatic amines is 2. The Hall–Kier alpha value is -12.5. The van der Waals surface area contributed by atoms with Crippen LogP contribution in [0.1, 0.15) is 88.4 Å². The Bertz CT molecular complexity index is 5340. The molecule has 18 rings (SSSR count). The Balaban J connectivity index is 0.000000124. The summed E-state index contributed by atoms with van der Waals surface area (Å²) in [5, 5.41) is 7.09. The molecule has 4 aliphatic rings. The van der Waals surface area contributed by atoms with Crippen LogP contribution in [0.4, 0.5) is 30.2 Å². The van der Waals surface area contributed by atoms with E-state index in [4.69, 9.17) is 15.2 Å². The van der Waals surface area contributed by atoms with Gasteiger partial charge in [0, 0.05) is 72.3 Å². The van der Waals surface area contributed by atoms with Gasteiger partial charge in [0.15, 0.2) is 12.4 Å². The standard InChI is InChI=1S/C34H14F2N4O4.C22H6N2O6.C7H8O3S.C6H6FN/c35-15-1-5-17(6-2-15)39-31(41)21-11-9-19-27-25(21)23(33(39)43)13-37-29(27)20-10-12-22-26-24(14-38-30(19)28(20)26)34(44)40(32(22)42)18-7-3-16(36)4-8-18;25-19-9-3-1-7-15-13(9)11(21(27)29-19)6-24-18(15)8-2-4-10-14-12(22(28)30-20(10)26)5-23-17(7)16(8)14;1-6-2-4-7(5-3-6)11(8,9)10;7-5-1-3-6(8)4-2-5/h1-14H;1-6H;2-5H,1H3,(H,8,9,10);1-4H,8H2/p+1. The first-order valence-electron chi connectivity index (χ1n) is 28.0. The molecule has 24 heteroatoms. The summed E-state index contributed by atoms with van der Waals surface area (Å²) in [7, 11) is -4.27. The molecule has 0 fully saturated rings. The minimum Gasteiger partial charge on any atom is -0.744 e. The molecule has 0 aliphatic carbocycles. The SMILES string of the molecule is Cc1ccc(S(=O)(=O)[O-])cc1.Nc1ccc(F)cc1.O=C1OC(=O)c2c[nH+]c3c4ccc5c6c(c[nH+]c(c7ccc1c2c73)c64)C(=O)OC5=O.O=C1c2ccc3c4ncc5c6c(ccc(c7ncc(c2c37)C(=O)N1c1ccc(F)cc1)c64)C(=O)N(c1ccc(F)cc1)C5=O. The van der Waals surface area contributed by atoms with E-state index in [0.29, 0.717) is 92.7 Å². The first kappa shape index (κ1) is 56.9. The number of esters is 4. The van der Waals surface area contributed by atoms with Crippen molar-refractivity contribution in [2.75, 3.05) is 15.5 Å². The zero-order valence-corrected chi connectivity index (χ0v) is 48.2. The van der Waals surface area contributed by atoms with Gasteiger partial charge in [-0.3, -0.25) is 29.1 Å². The van der Waals surface area contributed by atoms with E-state index in [1.165, 1.54) is 110 Å². The van der Waals surface area contributed by atoms with E-state index in [2.05, 4.69) is 19.9 Å². The maximum absolute atomic E-state index is 13.7. The van der Waals surface area contributed by atoms with Crippen molar-refractivity contribution in [1.82, 2.24) is 9.97 Å². The molecule has 0 atom stereocenters. The fourth-order valence-electron chi connectivity index (χ4n) is 12.5. The van der Waals surface area contributed by atoms with Crippen LogP contribution in [-0.2, 0) is 19.6 Å². The van der Waals surface area contributed by atoms with Crippen LogP contribution >= 0.6 is 0 Å². The zero-order chi connectivity index (χ0) is 64.8. The number of halogens is 3. The zero-order valence-electron chi connectivity index (χ0n) is 47.4. The van der Waals surface area contributed by atoms with Gasteiger partial charge in [0.25, 0.3) is 23.6 Å². The molecule has 0 saturated carbocycles. The lowest BCUT2D eigenvalue weighted by Crippen LogP contribution is -2.40. The third-order valence-corrected chi connectivity index (χ3v) is 17.5. The van der Waals surface area contributed by atoms with Crippen LogP contribution < -0.4 is 25.5 Å². The number of cyclic esters (lactones) is 4. The van der Waals surface area contributed by atoms with E-state index in [0.717, 1.165) is 26.1 Å². The highest BCUT2D eigenvalue weighted by Gasteiger charge is 2.41. The van der Waals surface area contributed by atoms with Crippen LogP contribution in [0.25, 0.3) is 86.7 Å². The lowest BCUT2D eigenvalue weighted by atomic mass is 9.86. The fourth-order valence-corrected chi connectivity index (χ4v) is 13.0. The van der Waals surface area contributed by atoms with Crippen LogP contribution in [0.5, 0.6) is 0 Å². The predicted octanol–water partition coefficient (Wildman–Crippen LogP) is 10.7. The van der Waals surface area contributed by atoms with Gasteiger partial charge in [0.2, 0.25) is 11.0 Å². The molecule has 4 amide bonds. The number of anilines is 3. The molecule has 4 aromatic heterocycles. The molecule has 4 aliphatic heterocycles. The molecule has 0 radical (unpaired) electrons. The van der Waals surface area contributed by atoms with Crippen LogP contribution in [-0.4, -0.2) is 70.4 Å². The lowest BCUT2D eigenvalue weighted by molar-refractivity contribution is -0.345. The van der Waals surface area contributed by atoms with Crippen molar-refractivity contribution in [3.8, 4) is 0 Å². The number of hydrogen-bond acceptors (Lipinski definition) is 16. The van der Waals surface area contributed by atoms with Gasteiger partial charge in [-0.05, 0) is 128 Å². The normalized spacial score (nSPS) is 14.1.